The van der Waals surface area contributed by atoms with Crippen molar-refractivity contribution in [3.63, 3.8) is 0 Å². The van der Waals surface area contributed by atoms with Gasteiger partial charge in [0.25, 0.3) is 0 Å². The average Bonchev–Trinajstić information content (AvgIpc) is 2.69. The van der Waals surface area contributed by atoms with Crippen molar-refractivity contribution in [2.45, 2.75) is 44.8 Å². The van der Waals surface area contributed by atoms with E-state index < -0.39 is 0 Å². The van der Waals surface area contributed by atoms with Gasteiger partial charge in [-0.1, -0.05) is 50.1 Å². The van der Waals surface area contributed by atoms with E-state index in [0.29, 0.717) is 18.1 Å². The first kappa shape index (κ1) is 10.3. The number of fused-ring (bicyclic) bond motifs is 1. The van der Waals surface area contributed by atoms with Crippen LogP contribution in [0.1, 0.15) is 44.3 Å². The highest BCUT2D eigenvalue weighted by Crippen LogP contribution is 2.47. The van der Waals surface area contributed by atoms with Gasteiger partial charge in [-0.05, 0) is 30.2 Å². The SMILES string of the molecule is C[C@H]1[C@H]2CCCC[C@@H]2O[C@@H]1c1ccccc1. The smallest absolute Gasteiger partial charge is 0.0857 e. The first-order chi connectivity index (χ1) is 7.86. The van der Waals surface area contributed by atoms with Crippen molar-refractivity contribution in [1.29, 1.82) is 0 Å². The van der Waals surface area contributed by atoms with Crippen LogP contribution >= 0.6 is 0 Å². The molecule has 0 spiro atoms. The van der Waals surface area contributed by atoms with Crippen LogP contribution in [-0.4, -0.2) is 6.10 Å². The van der Waals surface area contributed by atoms with Crippen LogP contribution in [0.2, 0.25) is 0 Å². The summed E-state index contributed by atoms with van der Waals surface area (Å²) in [7, 11) is 0. The normalized spacial score (nSPS) is 38.3. The minimum Gasteiger partial charge on any atom is -0.370 e. The molecule has 86 valence electrons. The Hall–Kier alpha value is -0.820. The summed E-state index contributed by atoms with van der Waals surface area (Å²) in [5, 5.41) is 0. The zero-order valence-corrected chi connectivity index (χ0v) is 9.93. The van der Waals surface area contributed by atoms with Gasteiger partial charge in [-0.25, -0.2) is 0 Å². The second-order valence-electron chi connectivity index (χ2n) is 5.31. The quantitative estimate of drug-likeness (QED) is 0.690. The molecule has 1 nitrogen and oxygen atoms in total. The Morgan fingerprint density at radius 1 is 1.06 bits per heavy atom. The molecule has 1 aliphatic heterocycles. The Morgan fingerprint density at radius 2 is 1.81 bits per heavy atom. The van der Waals surface area contributed by atoms with Crippen LogP contribution in [0.4, 0.5) is 0 Å². The highest BCUT2D eigenvalue weighted by atomic mass is 16.5. The molecule has 4 atom stereocenters. The van der Waals surface area contributed by atoms with Crippen LogP contribution < -0.4 is 0 Å². The molecule has 1 aromatic carbocycles. The number of hydrogen-bond donors (Lipinski definition) is 0. The maximum Gasteiger partial charge on any atom is 0.0857 e. The van der Waals surface area contributed by atoms with E-state index in [4.69, 9.17) is 4.74 Å². The second-order valence-corrected chi connectivity index (χ2v) is 5.31. The predicted molar refractivity (Wildman–Crippen MR) is 65.2 cm³/mol. The minimum atomic E-state index is 0.342. The summed E-state index contributed by atoms with van der Waals surface area (Å²) in [6.45, 7) is 2.37. The lowest BCUT2D eigenvalue weighted by Crippen LogP contribution is -2.23. The summed E-state index contributed by atoms with van der Waals surface area (Å²) in [5.74, 6) is 1.49. The van der Waals surface area contributed by atoms with E-state index >= 15 is 0 Å². The van der Waals surface area contributed by atoms with Gasteiger partial charge in [0.1, 0.15) is 0 Å². The lowest BCUT2D eigenvalue weighted by molar-refractivity contribution is 0.0155. The Morgan fingerprint density at radius 3 is 2.56 bits per heavy atom. The van der Waals surface area contributed by atoms with Gasteiger partial charge in [-0.3, -0.25) is 0 Å². The van der Waals surface area contributed by atoms with E-state index in [2.05, 4.69) is 37.3 Å². The Kier molecular flexibility index (Phi) is 2.72. The molecular formula is C15H20O. The Labute approximate surface area is 97.8 Å². The highest BCUT2D eigenvalue weighted by Gasteiger charge is 2.42. The monoisotopic (exact) mass is 216 g/mol. The molecule has 2 fully saturated rings. The Bertz CT molecular complexity index is 346. The summed E-state index contributed by atoms with van der Waals surface area (Å²) in [6, 6.07) is 10.7. The maximum absolute atomic E-state index is 6.26. The van der Waals surface area contributed by atoms with Gasteiger partial charge in [-0.15, -0.1) is 0 Å². The van der Waals surface area contributed by atoms with Crippen LogP contribution in [0.15, 0.2) is 30.3 Å². The number of rotatable bonds is 1. The molecule has 1 heterocycles. The fourth-order valence-corrected chi connectivity index (χ4v) is 3.46. The zero-order chi connectivity index (χ0) is 11.0. The molecule has 2 aliphatic rings. The lowest BCUT2D eigenvalue weighted by atomic mass is 9.78. The highest BCUT2D eigenvalue weighted by molar-refractivity contribution is 5.20. The summed E-state index contributed by atoms with van der Waals surface area (Å²) >= 11 is 0. The molecule has 0 unspecified atom stereocenters. The van der Waals surface area contributed by atoms with Crippen LogP contribution in [0.3, 0.4) is 0 Å². The molecule has 1 heteroatoms. The van der Waals surface area contributed by atoms with Crippen LogP contribution in [0.25, 0.3) is 0 Å². The summed E-state index contributed by atoms with van der Waals surface area (Å²) < 4.78 is 6.26. The van der Waals surface area contributed by atoms with Crippen LogP contribution in [0, 0.1) is 11.8 Å². The van der Waals surface area contributed by atoms with Crippen molar-refractivity contribution in [3.05, 3.63) is 35.9 Å². The first-order valence-corrected chi connectivity index (χ1v) is 6.56. The van der Waals surface area contributed by atoms with Gasteiger partial charge in [-0.2, -0.15) is 0 Å². The van der Waals surface area contributed by atoms with Gasteiger partial charge in [0.05, 0.1) is 12.2 Å². The topological polar surface area (TPSA) is 9.23 Å². The largest absolute Gasteiger partial charge is 0.370 e. The van der Waals surface area contributed by atoms with Crippen molar-refractivity contribution in [3.8, 4) is 0 Å². The molecule has 3 rings (SSSR count). The van der Waals surface area contributed by atoms with Crippen molar-refractivity contribution in [1.82, 2.24) is 0 Å². The summed E-state index contributed by atoms with van der Waals surface area (Å²) in [6.07, 6.45) is 6.28. The fraction of sp³-hybridized carbons (Fsp3) is 0.600. The number of hydrogen-bond acceptors (Lipinski definition) is 1. The molecule has 16 heavy (non-hydrogen) atoms. The Balaban J connectivity index is 1.83. The zero-order valence-electron chi connectivity index (χ0n) is 9.93. The van der Waals surface area contributed by atoms with Crippen molar-refractivity contribution in [2.24, 2.45) is 11.8 Å². The van der Waals surface area contributed by atoms with E-state index in [9.17, 15) is 0 Å². The number of ether oxygens (including phenoxy) is 1. The minimum absolute atomic E-state index is 0.342. The third kappa shape index (κ3) is 1.67. The molecule has 0 radical (unpaired) electrons. The van der Waals surface area contributed by atoms with E-state index in [1.54, 1.807) is 0 Å². The summed E-state index contributed by atoms with van der Waals surface area (Å²) in [4.78, 5) is 0. The average molecular weight is 216 g/mol. The van der Waals surface area contributed by atoms with E-state index in [0.717, 1.165) is 5.92 Å². The molecule has 0 amide bonds. The third-order valence-corrected chi connectivity index (χ3v) is 4.36. The van der Waals surface area contributed by atoms with E-state index in [1.165, 1.54) is 31.2 Å². The molecule has 1 saturated carbocycles. The third-order valence-electron chi connectivity index (χ3n) is 4.36. The van der Waals surface area contributed by atoms with Gasteiger partial charge in [0.2, 0.25) is 0 Å². The summed E-state index contributed by atoms with van der Waals surface area (Å²) in [5.41, 5.74) is 1.37. The lowest BCUT2D eigenvalue weighted by Gasteiger charge is -2.25. The van der Waals surface area contributed by atoms with Gasteiger partial charge in [0.15, 0.2) is 0 Å². The van der Waals surface area contributed by atoms with Crippen LogP contribution in [-0.2, 0) is 4.74 Å². The van der Waals surface area contributed by atoms with Gasteiger partial charge >= 0.3 is 0 Å². The van der Waals surface area contributed by atoms with Gasteiger partial charge < -0.3 is 4.74 Å². The van der Waals surface area contributed by atoms with E-state index in [-0.39, 0.29) is 0 Å². The van der Waals surface area contributed by atoms with Crippen molar-refractivity contribution in [2.75, 3.05) is 0 Å². The molecule has 0 aromatic heterocycles. The molecule has 0 N–H and O–H groups in total. The molecule has 0 bridgehead atoms. The molecule has 1 saturated heterocycles. The maximum atomic E-state index is 6.26. The van der Waals surface area contributed by atoms with E-state index in [1.807, 2.05) is 0 Å². The standard InChI is InChI=1S/C15H20O/c1-11-13-9-5-6-10-14(13)16-15(11)12-7-3-2-4-8-12/h2-4,7-8,11,13-15H,5-6,9-10H2,1H3/t11-,13+,14-,15-/m0/s1. The molecule has 1 aromatic rings. The predicted octanol–water partition coefficient (Wildman–Crippen LogP) is 3.95. The molecule has 1 aliphatic carbocycles. The van der Waals surface area contributed by atoms with Crippen molar-refractivity contribution < 1.29 is 4.74 Å². The van der Waals surface area contributed by atoms with Crippen molar-refractivity contribution >= 4 is 0 Å². The van der Waals surface area contributed by atoms with Crippen LogP contribution in [0.5, 0.6) is 0 Å². The fourth-order valence-electron chi connectivity index (χ4n) is 3.46. The number of benzene rings is 1. The first-order valence-electron chi connectivity index (χ1n) is 6.56. The second kappa shape index (κ2) is 4.21. The molecular weight excluding hydrogens is 196 g/mol. The van der Waals surface area contributed by atoms with Gasteiger partial charge in [0, 0.05) is 0 Å².